The van der Waals surface area contributed by atoms with Crippen LogP contribution < -0.4 is 0 Å². The first kappa shape index (κ1) is 16.0. The molecule has 110 valence electrons. The Balaban J connectivity index is 0.000000399. The molecule has 19 heavy (non-hydrogen) atoms. The van der Waals surface area contributed by atoms with Gasteiger partial charge in [0.1, 0.15) is 6.10 Å². The van der Waals surface area contributed by atoms with Crippen LogP contribution >= 0.6 is 0 Å². The van der Waals surface area contributed by atoms with Crippen LogP contribution in [-0.4, -0.2) is 23.1 Å². The quantitative estimate of drug-likeness (QED) is 0.800. The van der Waals surface area contributed by atoms with Crippen molar-refractivity contribution < 1.29 is 19.4 Å². The third-order valence-corrected chi connectivity index (χ3v) is 4.37. The molecule has 0 heterocycles. The summed E-state index contributed by atoms with van der Waals surface area (Å²) in [6, 6.07) is 0. The molecule has 1 N–H and O–H groups in total. The number of carboxylic acids is 1. The first-order chi connectivity index (χ1) is 8.76. The zero-order valence-corrected chi connectivity index (χ0v) is 12.4. The largest absolute Gasteiger partial charge is 0.481 e. The van der Waals surface area contributed by atoms with Gasteiger partial charge < -0.3 is 9.84 Å². The number of ether oxygens (including phenoxy) is 1. The molecule has 0 aliphatic heterocycles. The molecule has 2 aliphatic rings. The summed E-state index contributed by atoms with van der Waals surface area (Å²) in [5, 5.41) is 7.42. The Morgan fingerprint density at radius 3 is 2.21 bits per heavy atom. The molecular weight excluding hydrogens is 244 g/mol. The molecule has 0 aromatic rings. The summed E-state index contributed by atoms with van der Waals surface area (Å²) in [6.07, 6.45) is 6.14. The van der Waals surface area contributed by atoms with Gasteiger partial charge in [-0.15, -0.1) is 0 Å². The molecule has 3 unspecified atom stereocenters. The van der Waals surface area contributed by atoms with Crippen LogP contribution in [0.1, 0.15) is 59.8 Å². The van der Waals surface area contributed by atoms with Crippen LogP contribution in [0.2, 0.25) is 0 Å². The highest BCUT2D eigenvalue weighted by molar-refractivity contribution is 5.76. The normalized spacial score (nSPS) is 28.5. The van der Waals surface area contributed by atoms with Crippen molar-refractivity contribution in [2.24, 2.45) is 17.3 Å². The monoisotopic (exact) mass is 270 g/mol. The Bertz CT molecular complexity index is 331. The fraction of sp³-hybridized carbons (Fsp3) is 0.867. The van der Waals surface area contributed by atoms with E-state index in [1.54, 1.807) is 0 Å². The van der Waals surface area contributed by atoms with Crippen LogP contribution in [0.3, 0.4) is 0 Å². The maximum atomic E-state index is 11.9. The fourth-order valence-corrected chi connectivity index (χ4v) is 2.77. The lowest BCUT2D eigenvalue weighted by atomic mass is 9.90. The number of rotatable bonds is 3. The van der Waals surface area contributed by atoms with Crippen molar-refractivity contribution in [1.82, 2.24) is 0 Å². The molecule has 0 radical (unpaired) electrons. The second-order valence-corrected chi connectivity index (χ2v) is 6.38. The minimum Gasteiger partial charge on any atom is -0.481 e. The molecule has 0 spiro atoms. The van der Waals surface area contributed by atoms with Gasteiger partial charge in [-0.2, -0.15) is 0 Å². The SMILES string of the molecule is CC(=O)O.CCC(C)(C)C(=O)OC1CC2CCC1C2. The minimum absolute atomic E-state index is 0.00236. The average molecular weight is 270 g/mol. The average Bonchev–Trinajstić information content (AvgIpc) is 2.90. The molecule has 2 aliphatic carbocycles. The molecule has 2 rings (SSSR count). The number of esters is 1. The molecule has 2 fully saturated rings. The molecule has 4 nitrogen and oxygen atoms in total. The van der Waals surface area contributed by atoms with Gasteiger partial charge in [0, 0.05) is 6.92 Å². The molecule has 3 atom stereocenters. The van der Waals surface area contributed by atoms with Crippen LogP contribution in [-0.2, 0) is 14.3 Å². The van der Waals surface area contributed by atoms with E-state index in [0.717, 1.165) is 25.7 Å². The summed E-state index contributed by atoms with van der Waals surface area (Å²) in [5.74, 6) is 0.687. The molecular formula is C15H26O4. The topological polar surface area (TPSA) is 63.6 Å². The van der Waals surface area contributed by atoms with E-state index in [2.05, 4.69) is 0 Å². The summed E-state index contributed by atoms with van der Waals surface area (Å²) in [7, 11) is 0. The van der Waals surface area contributed by atoms with Crippen molar-refractivity contribution in [2.75, 3.05) is 0 Å². The van der Waals surface area contributed by atoms with Gasteiger partial charge in [-0.3, -0.25) is 9.59 Å². The van der Waals surface area contributed by atoms with Crippen LogP contribution in [0.25, 0.3) is 0 Å². The number of carboxylic acid groups (broad SMARTS) is 1. The van der Waals surface area contributed by atoms with E-state index < -0.39 is 5.97 Å². The predicted molar refractivity (Wildman–Crippen MR) is 72.7 cm³/mol. The Morgan fingerprint density at radius 2 is 1.84 bits per heavy atom. The first-order valence-corrected chi connectivity index (χ1v) is 7.17. The first-order valence-electron chi connectivity index (χ1n) is 7.17. The summed E-state index contributed by atoms with van der Waals surface area (Å²) in [6.45, 7) is 7.08. The Morgan fingerprint density at radius 1 is 1.26 bits per heavy atom. The highest BCUT2D eigenvalue weighted by atomic mass is 16.5. The number of fused-ring (bicyclic) bond motifs is 2. The number of carbonyl (C=O) groups excluding carboxylic acids is 1. The second kappa shape index (κ2) is 6.40. The molecule has 4 heteroatoms. The summed E-state index contributed by atoms with van der Waals surface area (Å²) in [4.78, 5) is 20.9. The van der Waals surface area contributed by atoms with Crippen molar-refractivity contribution in [3.8, 4) is 0 Å². The van der Waals surface area contributed by atoms with Crippen molar-refractivity contribution in [3.63, 3.8) is 0 Å². The third kappa shape index (κ3) is 4.51. The molecule has 2 saturated carbocycles. The van der Waals surface area contributed by atoms with Gasteiger partial charge in [-0.1, -0.05) is 6.92 Å². The van der Waals surface area contributed by atoms with E-state index in [4.69, 9.17) is 14.6 Å². The van der Waals surface area contributed by atoms with Gasteiger partial charge in [-0.05, 0) is 57.8 Å². The van der Waals surface area contributed by atoms with Gasteiger partial charge in [0.2, 0.25) is 0 Å². The number of aliphatic carboxylic acids is 1. The molecule has 2 bridgehead atoms. The third-order valence-electron chi connectivity index (χ3n) is 4.37. The van der Waals surface area contributed by atoms with Gasteiger partial charge >= 0.3 is 5.97 Å². The molecule has 0 aromatic carbocycles. The number of carbonyl (C=O) groups is 2. The number of hydrogen-bond acceptors (Lipinski definition) is 3. The lowest BCUT2D eigenvalue weighted by molar-refractivity contribution is -0.162. The van der Waals surface area contributed by atoms with Gasteiger partial charge in [-0.25, -0.2) is 0 Å². The van der Waals surface area contributed by atoms with Crippen molar-refractivity contribution in [1.29, 1.82) is 0 Å². The zero-order valence-electron chi connectivity index (χ0n) is 12.4. The van der Waals surface area contributed by atoms with Gasteiger partial charge in [0.05, 0.1) is 5.41 Å². The van der Waals surface area contributed by atoms with Crippen LogP contribution in [0.5, 0.6) is 0 Å². The molecule has 0 saturated heterocycles. The predicted octanol–water partition coefficient (Wildman–Crippen LogP) is 3.25. The Kier molecular flexibility index (Phi) is 5.39. The smallest absolute Gasteiger partial charge is 0.311 e. The van der Waals surface area contributed by atoms with Gasteiger partial charge in [0.15, 0.2) is 0 Å². The van der Waals surface area contributed by atoms with E-state index >= 15 is 0 Å². The molecule has 0 aromatic heterocycles. The van der Waals surface area contributed by atoms with E-state index in [1.807, 2.05) is 20.8 Å². The number of hydrogen-bond donors (Lipinski definition) is 1. The summed E-state index contributed by atoms with van der Waals surface area (Å²) < 4.78 is 5.66. The van der Waals surface area contributed by atoms with Gasteiger partial charge in [0.25, 0.3) is 5.97 Å². The Labute approximate surface area is 115 Å². The van der Waals surface area contributed by atoms with Crippen LogP contribution in [0, 0.1) is 17.3 Å². The summed E-state index contributed by atoms with van der Waals surface area (Å²) in [5.41, 5.74) is -0.304. The minimum atomic E-state index is -0.833. The summed E-state index contributed by atoms with van der Waals surface area (Å²) >= 11 is 0. The molecule has 0 amide bonds. The van der Waals surface area contributed by atoms with E-state index in [0.29, 0.717) is 5.92 Å². The Hall–Kier alpha value is -1.06. The standard InChI is InChI=1S/C13H22O2.C2H4O2/c1-4-13(2,3)12(14)15-11-8-9-5-6-10(11)7-9;1-2(3)4/h9-11H,4-8H2,1-3H3;1H3,(H,3,4). The lowest BCUT2D eigenvalue weighted by Gasteiger charge is -2.27. The highest BCUT2D eigenvalue weighted by Gasteiger charge is 2.43. The zero-order chi connectivity index (χ0) is 14.6. The van der Waals surface area contributed by atoms with Crippen LogP contribution in [0.15, 0.2) is 0 Å². The second-order valence-electron chi connectivity index (χ2n) is 6.38. The van der Waals surface area contributed by atoms with Crippen molar-refractivity contribution in [3.05, 3.63) is 0 Å². The fourth-order valence-electron chi connectivity index (χ4n) is 2.77. The van der Waals surface area contributed by atoms with Crippen molar-refractivity contribution in [2.45, 2.75) is 65.9 Å². The highest BCUT2D eigenvalue weighted by Crippen LogP contribution is 2.46. The van der Waals surface area contributed by atoms with E-state index in [1.165, 1.54) is 19.3 Å². The van der Waals surface area contributed by atoms with Crippen LogP contribution in [0.4, 0.5) is 0 Å². The van der Waals surface area contributed by atoms with E-state index in [-0.39, 0.29) is 17.5 Å². The van der Waals surface area contributed by atoms with Crippen molar-refractivity contribution >= 4 is 11.9 Å². The maximum absolute atomic E-state index is 11.9. The van der Waals surface area contributed by atoms with E-state index in [9.17, 15) is 4.79 Å². The maximum Gasteiger partial charge on any atom is 0.311 e. The lowest BCUT2D eigenvalue weighted by Crippen LogP contribution is -2.32.